The van der Waals surface area contributed by atoms with Gasteiger partial charge in [-0.1, -0.05) is 6.92 Å². The van der Waals surface area contributed by atoms with E-state index in [1.54, 1.807) is 7.11 Å². The van der Waals surface area contributed by atoms with Crippen LogP contribution in [0.5, 0.6) is 0 Å². The Balaban J connectivity index is 2.11. The molecule has 0 saturated carbocycles. The van der Waals surface area contributed by atoms with Gasteiger partial charge in [0, 0.05) is 33.5 Å². The first-order valence-electron chi connectivity index (χ1n) is 8.26. The summed E-state index contributed by atoms with van der Waals surface area (Å²) in [7, 11) is 1.68. The van der Waals surface area contributed by atoms with Gasteiger partial charge in [0.15, 0.2) is 0 Å². The molecule has 1 N–H and O–H groups in total. The Hall–Kier alpha value is -0.200. The number of nitrogens with one attached hydrogen (secondary N) is 1. The van der Waals surface area contributed by atoms with Crippen LogP contribution in [0.2, 0.25) is 0 Å². The molecule has 0 amide bonds. The third-order valence-electron chi connectivity index (χ3n) is 4.06. The lowest BCUT2D eigenvalue weighted by atomic mass is 9.77. The fourth-order valence-corrected chi connectivity index (χ4v) is 2.60. The molecule has 1 aliphatic heterocycles. The highest BCUT2D eigenvalue weighted by atomic mass is 16.5. The molecule has 0 aromatic carbocycles. The van der Waals surface area contributed by atoms with E-state index in [2.05, 4.69) is 12.2 Å². The van der Waals surface area contributed by atoms with Crippen LogP contribution in [0.15, 0.2) is 0 Å². The molecule has 1 rings (SSSR count). The van der Waals surface area contributed by atoms with Crippen molar-refractivity contribution in [2.75, 3.05) is 66.4 Å². The van der Waals surface area contributed by atoms with Gasteiger partial charge < -0.3 is 24.3 Å². The van der Waals surface area contributed by atoms with E-state index in [1.165, 1.54) is 6.42 Å². The highest BCUT2D eigenvalue weighted by Gasteiger charge is 2.31. The second-order valence-electron chi connectivity index (χ2n) is 5.76. The van der Waals surface area contributed by atoms with Gasteiger partial charge in [-0.2, -0.15) is 0 Å². The molecule has 0 aromatic heterocycles. The fourth-order valence-electron chi connectivity index (χ4n) is 2.60. The van der Waals surface area contributed by atoms with Crippen LogP contribution in [0.1, 0.15) is 32.6 Å². The average Bonchev–Trinajstić information content (AvgIpc) is 2.51. The van der Waals surface area contributed by atoms with E-state index in [1.807, 2.05) is 0 Å². The van der Waals surface area contributed by atoms with Gasteiger partial charge in [0.25, 0.3) is 0 Å². The largest absolute Gasteiger partial charge is 0.382 e. The molecule has 0 atom stereocenters. The van der Waals surface area contributed by atoms with Crippen LogP contribution in [0.4, 0.5) is 0 Å². The zero-order chi connectivity index (χ0) is 15.2. The zero-order valence-electron chi connectivity index (χ0n) is 13.8. The van der Waals surface area contributed by atoms with Gasteiger partial charge in [-0.05, 0) is 37.6 Å². The molecule has 1 heterocycles. The molecular formula is C16H33NO4. The van der Waals surface area contributed by atoms with Crippen LogP contribution in [-0.4, -0.2) is 66.4 Å². The Labute approximate surface area is 129 Å². The van der Waals surface area contributed by atoms with E-state index < -0.39 is 0 Å². The average molecular weight is 303 g/mol. The lowest BCUT2D eigenvalue weighted by molar-refractivity contribution is -0.0166. The van der Waals surface area contributed by atoms with E-state index >= 15 is 0 Å². The van der Waals surface area contributed by atoms with Crippen LogP contribution in [-0.2, 0) is 18.9 Å². The van der Waals surface area contributed by atoms with Crippen molar-refractivity contribution in [2.45, 2.75) is 32.6 Å². The molecule has 1 aliphatic rings. The molecule has 0 aromatic rings. The summed E-state index contributed by atoms with van der Waals surface area (Å²) in [6.07, 6.45) is 4.56. The highest BCUT2D eigenvalue weighted by Crippen LogP contribution is 2.33. The summed E-state index contributed by atoms with van der Waals surface area (Å²) >= 11 is 0. The monoisotopic (exact) mass is 303 g/mol. The summed E-state index contributed by atoms with van der Waals surface area (Å²) in [5.74, 6) is 0. The van der Waals surface area contributed by atoms with Crippen molar-refractivity contribution in [1.82, 2.24) is 5.32 Å². The molecule has 0 bridgehead atoms. The van der Waals surface area contributed by atoms with Gasteiger partial charge in [-0.15, -0.1) is 0 Å². The fraction of sp³-hybridized carbons (Fsp3) is 1.00. The van der Waals surface area contributed by atoms with E-state index in [-0.39, 0.29) is 0 Å². The summed E-state index contributed by atoms with van der Waals surface area (Å²) in [5, 5.41) is 3.57. The summed E-state index contributed by atoms with van der Waals surface area (Å²) in [6, 6.07) is 0. The minimum Gasteiger partial charge on any atom is -0.382 e. The van der Waals surface area contributed by atoms with Crippen molar-refractivity contribution < 1.29 is 18.9 Å². The van der Waals surface area contributed by atoms with Gasteiger partial charge >= 0.3 is 0 Å². The summed E-state index contributed by atoms with van der Waals surface area (Å²) < 4.78 is 21.5. The first kappa shape index (κ1) is 18.8. The SMILES string of the molecule is CCCNCC1(CCOCCOCCOC)CCOCC1. The van der Waals surface area contributed by atoms with Crippen molar-refractivity contribution >= 4 is 0 Å². The normalized spacial score (nSPS) is 18.0. The standard InChI is InChI=1S/C16H33NO4/c1-3-7-17-15-16(4-8-19-9-5-16)6-10-20-13-14-21-12-11-18-2/h17H,3-15H2,1-2H3. The van der Waals surface area contributed by atoms with Crippen molar-refractivity contribution in [2.24, 2.45) is 5.41 Å². The van der Waals surface area contributed by atoms with Crippen molar-refractivity contribution in [3.8, 4) is 0 Å². The Morgan fingerprint density at radius 2 is 1.67 bits per heavy atom. The Kier molecular flexibility index (Phi) is 11.1. The third kappa shape index (κ3) is 8.73. The molecular weight excluding hydrogens is 270 g/mol. The molecule has 0 spiro atoms. The van der Waals surface area contributed by atoms with Crippen LogP contribution in [0.25, 0.3) is 0 Å². The Morgan fingerprint density at radius 3 is 2.33 bits per heavy atom. The van der Waals surface area contributed by atoms with E-state index in [4.69, 9.17) is 18.9 Å². The number of hydrogen-bond donors (Lipinski definition) is 1. The number of methoxy groups -OCH3 is 1. The smallest absolute Gasteiger partial charge is 0.0701 e. The molecule has 126 valence electrons. The molecule has 21 heavy (non-hydrogen) atoms. The van der Waals surface area contributed by atoms with E-state index in [0.717, 1.165) is 52.2 Å². The van der Waals surface area contributed by atoms with E-state index in [0.29, 0.717) is 31.8 Å². The van der Waals surface area contributed by atoms with Gasteiger partial charge in [0.1, 0.15) is 0 Å². The number of ether oxygens (including phenoxy) is 4. The van der Waals surface area contributed by atoms with Crippen LogP contribution < -0.4 is 5.32 Å². The Morgan fingerprint density at radius 1 is 1.00 bits per heavy atom. The third-order valence-corrected chi connectivity index (χ3v) is 4.06. The molecule has 0 unspecified atom stereocenters. The molecule has 0 radical (unpaired) electrons. The summed E-state index contributed by atoms with van der Waals surface area (Å²) in [5.41, 5.74) is 0.352. The zero-order valence-corrected chi connectivity index (χ0v) is 13.8. The van der Waals surface area contributed by atoms with Crippen LogP contribution in [0, 0.1) is 5.41 Å². The maximum Gasteiger partial charge on any atom is 0.0701 e. The van der Waals surface area contributed by atoms with Gasteiger partial charge in [-0.25, -0.2) is 0 Å². The second-order valence-corrected chi connectivity index (χ2v) is 5.76. The van der Waals surface area contributed by atoms with Crippen LogP contribution >= 0.6 is 0 Å². The molecule has 1 fully saturated rings. The Bertz CT molecular complexity index is 232. The molecule has 5 heteroatoms. The summed E-state index contributed by atoms with van der Waals surface area (Å²) in [6.45, 7) is 9.55. The molecule has 5 nitrogen and oxygen atoms in total. The minimum atomic E-state index is 0.352. The lowest BCUT2D eigenvalue weighted by Crippen LogP contribution is -2.40. The molecule has 0 aliphatic carbocycles. The lowest BCUT2D eigenvalue weighted by Gasteiger charge is -2.37. The summed E-state index contributed by atoms with van der Waals surface area (Å²) in [4.78, 5) is 0. The highest BCUT2D eigenvalue weighted by molar-refractivity contribution is 4.84. The van der Waals surface area contributed by atoms with Crippen molar-refractivity contribution in [3.05, 3.63) is 0 Å². The first-order valence-corrected chi connectivity index (χ1v) is 8.26. The quantitative estimate of drug-likeness (QED) is 0.526. The maximum atomic E-state index is 5.71. The van der Waals surface area contributed by atoms with Crippen molar-refractivity contribution in [3.63, 3.8) is 0 Å². The van der Waals surface area contributed by atoms with E-state index in [9.17, 15) is 0 Å². The number of rotatable bonds is 13. The predicted octanol–water partition coefficient (Wildman–Crippen LogP) is 1.85. The van der Waals surface area contributed by atoms with Gasteiger partial charge in [-0.3, -0.25) is 0 Å². The minimum absolute atomic E-state index is 0.352. The topological polar surface area (TPSA) is 49.0 Å². The van der Waals surface area contributed by atoms with Gasteiger partial charge in [0.2, 0.25) is 0 Å². The molecule has 1 saturated heterocycles. The van der Waals surface area contributed by atoms with Crippen molar-refractivity contribution in [1.29, 1.82) is 0 Å². The predicted molar refractivity (Wildman–Crippen MR) is 83.8 cm³/mol. The maximum absolute atomic E-state index is 5.71. The number of hydrogen-bond acceptors (Lipinski definition) is 5. The van der Waals surface area contributed by atoms with Crippen LogP contribution in [0.3, 0.4) is 0 Å². The first-order chi connectivity index (χ1) is 10.3. The van der Waals surface area contributed by atoms with Gasteiger partial charge in [0.05, 0.1) is 26.4 Å². The second kappa shape index (κ2) is 12.4.